The molecule has 35 heavy (non-hydrogen) atoms. The predicted molar refractivity (Wildman–Crippen MR) is 133 cm³/mol. The van der Waals surface area contributed by atoms with Crippen molar-refractivity contribution in [1.82, 2.24) is 9.88 Å². The average Bonchev–Trinajstić information content (AvgIpc) is 3.23. The van der Waals surface area contributed by atoms with Crippen LogP contribution in [-0.2, 0) is 17.6 Å². The molecule has 4 rings (SSSR count). The molecule has 5 N–H and O–H groups in total. The molecule has 3 aromatic rings. The highest BCUT2D eigenvalue weighted by molar-refractivity contribution is 7.19. The lowest BCUT2D eigenvalue weighted by Crippen LogP contribution is -2.44. The average molecular weight is 501 g/mol. The van der Waals surface area contributed by atoms with Gasteiger partial charge in [-0.3, -0.25) is 9.69 Å². The molecule has 2 unspecified atom stereocenters. The lowest BCUT2D eigenvalue weighted by molar-refractivity contribution is -0.0579. The number of primary amides is 1. The zero-order chi connectivity index (χ0) is 24.9. The number of hydrogen-bond donors (Lipinski definition) is 4. The van der Waals surface area contributed by atoms with Crippen molar-refractivity contribution in [3.05, 3.63) is 65.1 Å². The summed E-state index contributed by atoms with van der Waals surface area (Å²) in [6.45, 7) is 4.15. The lowest BCUT2D eigenvalue weighted by atomic mass is 10.0. The van der Waals surface area contributed by atoms with Crippen LogP contribution >= 0.6 is 11.3 Å². The number of amides is 1. The molecule has 10 heteroatoms. The van der Waals surface area contributed by atoms with Gasteiger partial charge < -0.3 is 26.0 Å². The highest BCUT2D eigenvalue weighted by atomic mass is 32.1. The summed E-state index contributed by atoms with van der Waals surface area (Å²) in [4.78, 5) is 19.2. The van der Waals surface area contributed by atoms with Crippen molar-refractivity contribution in [1.29, 1.82) is 0 Å². The zero-order valence-corrected chi connectivity index (χ0v) is 20.2. The van der Waals surface area contributed by atoms with E-state index < -0.39 is 24.1 Å². The largest absolute Gasteiger partial charge is 0.393 e. The molecule has 1 aliphatic heterocycles. The Labute approximate surface area is 207 Å². The van der Waals surface area contributed by atoms with E-state index in [-0.39, 0.29) is 5.56 Å². The molecule has 2 aromatic heterocycles. The number of carbonyl (C=O) groups is 1. The fourth-order valence-corrected chi connectivity index (χ4v) is 5.09. The number of rotatable bonds is 9. The van der Waals surface area contributed by atoms with Crippen LogP contribution in [0.4, 0.5) is 15.2 Å². The number of nitrogens with two attached hydrogens (primary N) is 1. The van der Waals surface area contributed by atoms with Crippen LogP contribution in [0.3, 0.4) is 0 Å². The van der Waals surface area contributed by atoms with Gasteiger partial charge in [0, 0.05) is 35.6 Å². The number of halogens is 1. The number of aliphatic hydroxyl groups is 2. The molecular weight excluding hydrogens is 471 g/mol. The second-order valence-corrected chi connectivity index (χ2v) is 9.61. The van der Waals surface area contributed by atoms with E-state index in [0.29, 0.717) is 71.7 Å². The number of aliphatic hydroxyl groups excluding tert-OH is 2. The van der Waals surface area contributed by atoms with Crippen molar-refractivity contribution >= 4 is 28.1 Å². The third-order valence-corrected chi connectivity index (χ3v) is 6.82. The molecule has 0 spiro atoms. The molecule has 2 atom stereocenters. The Kier molecular flexibility index (Phi) is 8.09. The number of ether oxygens (including phenoxy) is 1. The summed E-state index contributed by atoms with van der Waals surface area (Å²) in [5.74, 6) is -0.593. The molecule has 0 radical (unpaired) electrons. The van der Waals surface area contributed by atoms with Crippen LogP contribution in [0.2, 0.25) is 0 Å². The Morgan fingerprint density at radius 2 is 2.00 bits per heavy atom. The predicted octanol–water partition coefficient (Wildman–Crippen LogP) is 2.91. The van der Waals surface area contributed by atoms with Crippen LogP contribution in [-0.4, -0.2) is 64.6 Å². The van der Waals surface area contributed by atoms with Crippen LogP contribution in [0.5, 0.6) is 0 Å². The van der Waals surface area contributed by atoms with E-state index in [2.05, 4.69) is 10.3 Å². The van der Waals surface area contributed by atoms with E-state index in [1.807, 2.05) is 17.0 Å². The summed E-state index contributed by atoms with van der Waals surface area (Å²) in [5.41, 5.74) is 7.54. The van der Waals surface area contributed by atoms with Gasteiger partial charge in [-0.05, 0) is 43.2 Å². The maximum absolute atomic E-state index is 14.8. The van der Waals surface area contributed by atoms with Crippen LogP contribution in [0.1, 0.15) is 28.5 Å². The summed E-state index contributed by atoms with van der Waals surface area (Å²) < 4.78 is 20.2. The van der Waals surface area contributed by atoms with Gasteiger partial charge >= 0.3 is 0 Å². The number of nitrogens with one attached hydrogen (secondary N) is 1. The molecule has 0 aliphatic carbocycles. The SMILES string of the molecule is CC(O)Cc1ccc(-c2cc(C(N)=O)c(Nc3cccc(CC(O)N4CCOCC4)n3)s2)c(F)c1. The minimum Gasteiger partial charge on any atom is -0.393 e. The molecule has 1 aliphatic rings. The smallest absolute Gasteiger partial charge is 0.251 e. The van der Waals surface area contributed by atoms with E-state index in [4.69, 9.17) is 10.5 Å². The molecular formula is C25H29FN4O4S. The van der Waals surface area contributed by atoms with Gasteiger partial charge in [-0.25, -0.2) is 9.37 Å². The van der Waals surface area contributed by atoms with E-state index in [9.17, 15) is 19.4 Å². The molecule has 1 aromatic carbocycles. The summed E-state index contributed by atoms with van der Waals surface area (Å²) in [6, 6.07) is 11.7. The minimum absolute atomic E-state index is 0.234. The van der Waals surface area contributed by atoms with Crippen molar-refractivity contribution in [3.63, 3.8) is 0 Å². The van der Waals surface area contributed by atoms with Gasteiger partial charge in [0.2, 0.25) is 0 Å². The monoisotopic (exact) mass is 500 g/mol. The van der Waals surface area contributed by atoms with E-state index in [1.54, 1.807) is 31.2 Å². The number of morpholine rings is 1. The molecule has 1 saturated heterocycles. The number of anilines is 2. The quantitative estimate of drug-likeness (QED) is 0.357. The van der Waals surface area contributed by atoms with Crippen LogP contribution in [0.15, 0.2) is 42.5 Å². The molecule has 186 valence electrons. The summed E-state index contributed by atoms with van der Waals surface area (Å²) in [7, 11) is 0. The van der Waals surface area contributed by atoms with Crippen LogP contribution < -0.4 is 11.1 Å². The van der Waals surface area contributed by atoms with Crippen LogP contribution in [0, 0.1) is 5.82 Å². The Hall–Kier alpha value is -2.89. The standard InChI is InChI=1S/C25H29FN4O4S/c1-15(31)11-16-5-6-18(20(26)12-16)21-14-19(24(27)33)25(35-21)29-22-4-2-3-17(28-22)13-23(32)30-7-9-34-10-8-30/h2-6,12,14-15,23,31-32H,7-11,13H2,1H3,(H2,27,33)(H,28,29). The lowest BCUT2D eigenvalue weighted by Gasteiger charge is -2.30. The topological polar surface area (TPSA) is 121 Å². The normalized spacial score (nSPS) is 16.1. The molecule has 0 saturated carbocycles. The van der Waals surface area contributed by atoms with Gasteiger partial charge in [-0.1, -0.05) is 18.2 Å². The Balaban J connectivity index is 1.54. The van der Waals surface area contributed by atoms with Crippen molar-refractivity contribution in [2.75, 3.05) is 31.6 Å². The molecule has 1 amide bonds. The number of pyridine rings is 1. The number of nitrogens with zero attached hydrogens (tertiary/aromatic N) is 2. The van der Waals surface area contributed by atoms with E-state index >= 15 is 0 Å². The number of thiophene rings is 1. The van der Waals surface area contributed by atoms with Gasteiger partial charge in [0.15, 0.2) is 0 Å². The molecule has 3 heterocycles. The van der Waals surface area contributed by atoms with E-state index in [1.165, 1.54) is 17.4 Å². The summed E-state index contributed by atoms with van der Waals surface area (Å²) >= 11 is 1.20. The van der Waals surface area contributed by atoms with Gasteiger partial charge in [0.25, 0.3) is 5.91 Å². The number of carbonyl (C=O) groups excluding carboxylic acids is 1. The van der Waals surface area contributed by atoms with Crippen molar-refractivity contribution in [3.8, 4) is 10.4 Å². The van der Waals surface area contributed by atoms with Gasteiger partial charge in [0.05, 0.1) is 24.9 Å². The number of benzene rings is 1. The van der Waals surface area contributed by atoms with Crippen LogP contribution in [0.25, 0.3) is 10.4 Å². The number of aromatic nitrogens is 1. The Morgan fingerprint density at radius 1 is 1.23 bits per heavy atom. The first-order valence-corrected chi connectivity index (χ1v) is 12.2. The van der Waals surface area contributed by atoms with Gasteiger partial charge in [-0.15, -0.1) is 11.3 Å². The third kappa shape index (κ3) is 6.41. The fourth-order valence-electron chi connectivity index (χ4n) is 4.00. The maximum Gasteiger partial charge on any atom is 0.251 e. The maximum atomic E-state index is 14.8. The molecule has 8 nitrogen and oxygen atoms in total. The van der Waals surface area contributed by atoms with Crippen molar-refractivity contribution < 1.29 is 24.1 Å². The molecule has 0 bridgehead atoms. The minimum atomic E-state index is -0.670. The zero-order valence-electron chi connectivity index (χ0n) is 19.4. The molecule has 1 fully saturated rings. The van der Waals surface area contributed by atoms with Crippen molar-refractivity contribution in [2.45, 2.75) is 32.1 Å². The first-order chi connectivity index (χ1) is 16.8. The third-order valence-electron chi connectivity index (χ3n) is 5.73. The Bertz CT molecular complexity index is 1180. The highest BCUT2D eigenvalue weighted by Gasteiger charge is 2.21. The number of hydrogen-bond acceptors (Lipinski definition) is 8. The van der Waals surface area contributed by atoms with Gasteiger partial charge in [0.1, 0.15) is 22.9 Å². The second-order valence-electron chi connectivity index (χ2n) is 8.56. The van der Waals surface area contributed by atoms with E-state index in [0.717, 1.165) is 0 Å². The second kappa shape index (κ2) is 11.2. The fraction of sp³-hybridized carbons (Fsp3) is 0.360. The summed E-state index contributed by atoms with van der Waals surface area (Å²) in [6.07, 6.45) is -0.547. The highest BCUT2D eigenvalue weighted by Crippen LogP contribution is 2.38. The first-order valence-electron chi connectivity index (χ1n) is 11.4. The first kappa shape index (κ1) is 25.2. The van der Waals surface area contributed by atoms with Crippen molar-refractivity contribution in [2.24, 2.45) is 5.73 Å². The van der Waals surface area contributed by atoms with Gasteiger partial charge in [-0.2, -0.15) is 0 Å². The summed E-state index contributed by atoms with van der Waals surface area (Å²) in [5, 5.41) is 23.7. The Morgan fingerprint density at radius 3 is 2.69 bits per heavy atom.